The monoisotopic (exact) mass is 94.1 g/mol. The van der Waals surface area contributed by atoms with Crippen molar-refractivity contribution in [2.45, 2.75) is 19.8 Å². The maximum atomic E-state index is 3.66. The van der Waals surface area contributed by atoms with E-state index < -0.39 is 0 Å². The van der Waals surface area contributed by atoms with Crippen molar-refractivity contribution in [3.8, 4) is 0 Å². The SMILES string of the molecule is C=CC(C)=C1CC1. The summed E-state index contributed by atoms with van der Waals surface area (Å²) >= 11 is 0. The zero-order chi connectivity index (χ0) is 5.28. The predicted octanol–water partition coefficient (Wildman–Crippen LogP) is 2.28. The van der Waals surface area contributed by atoms with Crippen LogP contribution in [0.4, 0.5) is 0 Å². The number of rotatable bonds is 1. The Hall–Kier alpha value is -0.520. The minimum Gasteiger partial charge on any atom is -0.0988 e. The highest BCUT2D eigenvalue weighted by molar-refractivity contribution is 5.30. The molecule has 0 N–H and O–H groups in total. The van der Waals surface area contributed by atoms with Gasteiger partial charge in [-0.25, -0.2) is 0 Å². The van der Waals surface area contributed by atoms with E-state index in [4.69, 9.17) is 0 Å². The lowest BCUT2D eigenvalue weighted by molar-refractivity contribution is 1.49. The van der Waals surface area contributed by atoms with Gasteiger partial charge in [0.15, 0.2) is 0 Å². The van der Waals surface area contributed by atoms with Gasteiger partial charge in [-0.2, -0.15) is 0 Å². The molecule has 1 rings (SSSR count). The van der Waals surface area contributed by atoms with Crippen LogP contribution < -0.4 is 0 Å². The van der Waals surface area contributed by atoms with Crippen LogP contribution in [0.5, 0.6) is 0 Å². The Labute approximate surface area is 44.5 Å². The summed E-state index contributed by atoms with van der Waals surface area (Å²) in [4.78, 5) is 0. The second-order valence-corrected chi connectivity index (χ2v) is 1.99. The molecule has 0 amide bonds. The second kappa shape index (κ2) is 1.53. The second-order valence-electron chi connectivity index (χ2n) is 1.99. The normalized spacial score (nSPS) is 16.4. The van der Waals surface area contributed by atoms with Crippen molar-refractivity contribution < 1.29 is 0 Å². The smallest absolute Gasteiger partial charge is 0.0277 e. The molecule has 0 heterocycles. The minimum absolute atomic E-state index is 1.32. The lowest BCUT2D eigenvalue weighted by Crippen LogP contribution is -1.59. The first-order valence-corrected chi connectivity index (χ1v) is 2.65. The van der Waals surface area contributed by atoms with E-state index in [2.05, 4.69) is 13.5 Å². The Bertz CT molecular complexity index is 112. The summed E-state index contributed by atoms with van der Waals surface area (Å²) < 4.78 is 0. The van der Waals surface area contributed by atoms with Crippen molar-refractivity contribution in [1.82, 2.24) is 0 Å². The molecule has 0 aromatic heterocycles. The summed E-state index contributed by atoms with van der Waals surface area (Å²) in [7, 11) is 0. The quantitative estimate of drug-likeness (QED) is 0.467. The van der Waals surface area contributed by atoms with Gasteiger partial charge in [0.1, 0.15) is 0 Å². The van der Waals surface area contributed by atoms with Crippen LogP contribution in [0.1, 0.15) is 19.8 Å². The van der Waals surface area contributed by atoms with E-state index in [1.54, 1.807) is 5.57 Å². The first-order chi connectivity index (χ1) is 3.34. The van der Waals surface area contributed by atoms with E-state index >= 15 is 0 Å². The zero-order valence-corrected chi connectivity index (χ0v) is 4.70. The summed E-state index contributed by atoms with van der Waals surface area (Å²) in [6.45, 7) is 5.78. The van der Waals surface area contributed by atoms with Gasteiger partial charge >= 0.3 is 0 Å². The molecule has 0 saturated heterocycles. The van der Waals surface area contributed by atoms with Gasteiger partial charge in [0, 0.05) is 0 Å². The Balaban J connectivity index is 2.65. The fourth-order valence-electron chi connectivity index (χ4n) is 0.601. The summed E-state index contributed by atoms with van der Waals surface area (Å²) in [5.41, 5.74) is 2.98. The Morgan fingerprint density at radius 1 is 1.71 bits per heavy atom. The maximum absolute atomic E-state index is 3.66. The molecule has 0 bridgehead atoms. The molecule has 0 aromatic carbocycles. The van der Waals surface area contributed by atoms with Gasteiger partial charge in [-0.15, -0.1) is 0 Å². The molecule has 7 heavy (non-hydrogen) atoms. The zero-order valence-electron chi connectivity index (χ0n) is 4.70. The van der Waals surface area contributed by atoms with E-state index in [1.807, 2.05) is 6.08 Å². The van der Waals surface area contributed by atoms with Crippen molar-refractivity contribution >= 4 is 0 Å². The third-order valence-corrected chi connectivity index (χ3v) is 1.36. The van der Waals surface area contributed by atoms with E-state index in [9.17, 15) is 0 Å². The molecule has 1 saturated carbocycles. The first-order valence-electron chi connectivity index (χ1n) is 2.65. The van der Waals surface area contributed by atoms with Gasteiger partial charge in [-0.1, -0.05) is 23.8 Å². The molecule has 0 atom stereocenters. The van der Waals surface area contributed by atoms with Gasteiger partial charge in [-0.3, -0.25) is 0 Å². The number of allylic oxidation sites excluding steroid dienone is 3. The molecule has 0 radical (unpaired) electrons. The largest absolute Gasteiger partial charge is 0.0988 e. The molecule has 0 heteroatoms. The van der Waals surface area contributed by atoms with Crippen molar-refractivity contribution in [3.63, 3.8) is 0 Å². The van der Waals surface area contributed by atoms with Crippen LogP contribution in [-0.4, -0.2) is 0 Å². The van der Waals surface area contributed by atoms with Crippen LogP contribution in [0.25, 0.3) is 0 Å². The van der Waals surface area contributed by atoms with Gasteiger partial charge in [0.2, 0.25) is 0 Å². The highest BCUT2D eigenvalue weighted by Gasteiger charge is 2.11. The highest BCUT2D eigenvalue weighted by Crippen LogP contribution is 2.31. The standard InChI is InChI=1S/C7H10/c1-3-6(2)7-4-5-7/h3H,1,4-5H2,2H3. The summed E-state index contributed by atoms with van der Waals surface area (Å²) in [6, 6.07) is 0. The molecule has 0 nitrogen and oxygen atoms in total. The summed E-state index contributed by atoms with van der Waals surface area (Å²) in [6.07, 6.45) is 4.57. The van der Waals surface area contributed by atoms with E-state index in [1.165, 1.54) is 18.4 Å². The molecular weight excluding hydrogens is 84.1 g/mol. The number of hydrogen-bond acceptors (Lipinski definition) is 0. The van der Waals surface area contributed by atoms with E-state index in [0.717, 1.165) is 0 Å². The summed E-state index contributed by atoms with van der Waals surface area (Å²) in [5.74, 6) is 0. The molecule has 0 spiro atoms. The van der Waals surface area contributed by atoms with Gasteiger partial charge in [0.05, 0.1) is 0 Å². The highest BCUT2D eigenvalue weighted by atomic mass is 14.2. The van der Waals surface area contributed by atoms with Crippen molar-refractivity contribution in [1.29, 1.82) is 0 Å². The van der Waals surface area contributed by atoms with Crippen LogP contribution >= 0.6 is 0 Å². The molecule has 1 aliphatic rings. The fourth-order valence-corrected chi connectivity index (χ4v) is 0.601. The van der Waals surface area contributed by atoms with Crippen molar-refractivity contribution in [3.05, 3.63) is 23.8 Å². The molecule has 0 unspecified atom stereocenters. The minimum atomic E-state index is 1.32. The van der Waals surface area contributed by atoms with Gasteiger partial charge < -0.3 is 0 Å². The lowest BCUT2D eigenvalue weighted by atomic mass is 10.3. The van der Waals surface area contributed by atoms with E-state index in [0.29, 0.717) is 0 Å². The number of hydrogen-bond donors (Lipinski definition) is 0. The Morgan fingerprint density at radius 2 is 2.29 bits per heavy atom. The Kier molecular flexibility index (Phi) is 1.01. The topological polar surface area (TPSA) is 0 Å². The molecule has 1 aliphatic carbocycles. The predicted molar refractivity (Wildman–Crippen MR) is 32.1 cm³/mol. The van der Waals surface area contributed by atoms with Crippen LogP contribution in [0, 0.1) is 0 Å². The van der Waals surface area contributed by atoms with Gasteiger partial charge in [0.25, 0.3) is 0 Å². The third kappa shape index (κ3) is 0.923. The van der Waals surface area contributed by atoms with Crippen LogP contribution in [0.2, 0.25) is 0 Å². The third-order valence-electron chi connectivity index (χ3n) is 1.36. The van der Waals surface area contributed by atoms with Crippen LogP contribution in [0.15, 0.2) is 23.8 Å². The molecule has 1 fully saturated rings. The molecule has 38 valence electrons. The molecule has 0 aromatic rings. The lowest BCUT2D eigenvalue weighted by Gasteiger charge is -1.80. The molecular formula is C7H10. The van der Waals surface area contributed by atoms with Crippen molar-refractivity contribution in [2.24, 2.45) is 0 Å². The van der Waals surface area contributed by atoms with Crippen LogP contribution in [-0.2, 0) is 0 Å². The Morgan fingerprint density at radius 3 is 2.43 bits per heavy atom. The van der Waals surface area contributed by atoms with Gasteiger partial charge in [-0.05, 0) is 19.8 Å². The molecule has 0 aliphatic heterocycles. The first kappa shape index (κ1) is 4.63. The van der Waals surface area contributed by atoms with E-state index in [-0.39, 0.29) is 0 Å². The van der Waals surface area contributed by atoms with Crippen molar-refractivity contribution in [2.75, 3.05) is 0 Å². The van der Waals surface area contributed by atoms with Crippen LogP contribution in [0.3, 0.4) is 0 Å². The summed E-state index contributed by atoms with van der Waals surface area (Å²) in [5, 5.41) is 0. The average molecular weight is 94.2 g/mol. The average Bonchev–Trinajstić information content (AvgIpc) is 2.44. The maximum Gasteiger partial charge on any atom is -0.0277 e. The fraction of sp³-hybridized carbons (Fsp3) is 0.429.